The molecular formula is C30H27F5N6O2. The molecule has 2 aromatic heterocycles. The molecule has 1 aromatic carbocycles. The van der Waals surface area contributed by atoms with E-state index in [0.29, 0.717) is 24.2 Å². The topological polar surface area (TPSA) is 93.0 Å². The lowest BCUT2D eigenvalue weighted by molar-refractivity contribution is -0.163. The van der Waals surface area contributed by atoms with Crippen molar-refractivity contribution in [3.8, 4) is 0 Å². The lowest BCUT2D eigenvalue weighted by atomic mass is 9.74. The van der Waals surface area contributed by atoms with Gasteiger partial charge in [0.1, 0.15) is 17.1 Å². The highest BCUT2D eigenvalue weighted by atomic mass is 19.4. The maximum Gasteiger partial charge on any atom is 0.401 e. The lowest BCUT2D eigenvalue weighted by Crippen LogP contribution is -2.48. The first kappa shape index (κ1) is 27.7. The summed E-state index contributed by atoms with van der Waals surface area (Å²) in [5.74, 6) is -2.87. The highest BCUT2D eigenvalue weighted by molar-refractivity contribution is 6.05. The van der Waals surface area contributed by atoms with Gasteiger partial charge in [-0.05, 0) is 56.2 Å². The van der Waals surface area contributed by atoms with Crippen molar-refractivity contribution in [1.29, 1.82) is 0 Å². The van der Waals surface area contributed by atoms with Crippen LogP contribution in [-0.2, 0) is 27.0 Å². The molecule has 2 amide bonds. The number of hydrogen-bond donors (Lipinski definition) is 1. The number of anilines is 1. The number of amides is 2. The largest absolute Gasteiger partial charge is 0.401 e. The third-order valence-corrected chi connectivity index (χ3v) is 9.56. The van der Waals surface area contributed by atoms with Crippen molar-refractivity contribution in [1.82, 2.24) is 24.6 Å². The van der Waals surface area contributed by atoms with Gasteiger partial charge in [-0.1, -0.05) is 18.2 Å². The first-order valence-electron chi connectivity index (χ1n) is 14.3. The van der Waals surface area contributed by atoms with E-state index in [9.17, 15) is 31.5 Å². The number of aromatic nitrogens is 4. The van der Waals surface area contributed by atoms with E-state index in [1.54, 1.807) is 17.2 Å². The Kier molecular flexibility index (Phi) is 6.23. The number of nitrogens with zero attached hydrogens (tertiary/aromatic N) is 5. The molecule has 1 atom stereocenters. The number of rotatable bonds is 3. The molecular weight excluding hydrogens is 571 g/mol. The van der Waals surface area contributed by atoms with E-state index in [2.05, 4.69) is 20.5 Å². The number of halogens is 5. The van der Waals surface area contributed by atoms with Crippen molar-refractivity contribution in [2.75, 3.05) is 18.4 Å². The highest BCUT2D eigenvalue weighted by Gasteiger charge is 2.67. The van der Waals surface area contributed by atoms with Gasteiger partial charge in [0.2, 0.25) is 11.8 Å². The fourth-order valence-corrected chi connectivity index (χ4v) is 6.89. The maximum absolute atomic E-state index is 14.8. The number of piperidine rings is 1. The van der Waals surface area contributed by atoms with Gasteiger partial charge in [-0.2, -0.15) is 13.2 Å². The summed E-state index contributed by atoms with van der Waals surface area (Å²) >= 11 is 0. The Hall–Kier alpha value is -4.16. The number of pyridine rings is 1. The van der Waals surface area contributed by atoms with Gasteiger partial charge in [-0.3, -0.25) is 9.59 Å². The summed E-state index contributed by atoms with van der Waals surface area (Å²) in [5, 5.41) is 10.9. The van der Waals surface area contributed by atoms with Gasteiger partial charge in [-0.15, -0.1) is 10.2 Å². The van der Waals surface area contributed by atoms with Crippen LogP contribution >= 0.6 is 0 Å². The molecule has 1 saturated carbocycles. The van der Waals surface area contributed by atoms with Crippen molar-refractivity contribution < 1.29 is 31.5 Å². The van der Waals surface area contributed by atoms with Gasteiger partial charge in [0, 0.05) is 49.0 Å². The van der Waals surface area contributed by atoms with Gasteiger partial charge in [-0.25, -0.2) is 13.8 Å². The quantitative estimate of drug-likeness (QED) is 0.338. The van der Waals surface area contributed by atoms with Gasteiger partial charge in [0.15, 0.2) is 17.5 Å². The van der Waals surface area contributed by atoms with Crippen LogP contribution in [-0.4, -0.2) is 55.7 Å². The number of allylic oxidation sites excluding steroid dienone is 1. The molecule has 3 aromatic rings. The molecule has 8 nitrogen and oxygen atoms in total. The summed E-state index contributed by atoms with van der Waals surface area (Å²) in [6.45, 7) is 0.490. The summed E-state index contributed by atoms with van der Waals surface area (Å²) in [6, 6.07) is 7.42. The summed E-state index contributed by atoms with van der Waals surface area (Å²) in [5.41, 5.74) is -1.68. The van der Waals surface area contributed by atoms with Crippen LogP contribution in [0.15, 0.2) is 42.6 Å². The SMILES string of the molecule is O=C(/C=C1\CC[C@H](c2cccc(F)c2F)Cn2c1nnc2C1(C(F)(F)F)CC1)N1CCC2(CC1)C(=O)Nc1ncccc12. The molecule has 1 N–H and O–H groups in total. The molecule has 2 fully saturated rings. The van der Waals surface area contributed by atoms with Crippen LogP contribution in [0.25, 0.3) is 5.57 Å². The van der Waals surface area contributed by atoms with Gasteiger partial charge in [0.25, 0.3) is 0 Å². The molecule has 224 valence electrons. The Morgan fingerprint density at radius 1 is 1.05 bits per heavy atom. The van der Waals surface area contributed by atoms with E-state index in [1.807, 2.05) is 6.07 Å². The monoisotopic (exact) mass is 598 g/mol. The molecule has 0 radical (unpaired) electrons. The summed E-state index contributed by atoms with van der Waals surface area (Å²) in [6.07, 6.45) is -0.648. The lowest BCUT2D eigenvalue weighted by Gasteiger charge is -2.37. The molecule has 0 unspecified atom stereocenters. The van der Waals surface area contributed by atoms with Crippen LogP contribution in [0.1, 0.15) is 67.2 Å². The van der Waals surface area contributed by atoms with Crippen LogP contribution in [0.3, 0.4) is 0 Å². The van der Waals surface area contributed by atoms with E-state index in [4.69, 9.17) is 0 Å². The highest BCUT2D eigenvalue weighted by Crippen LogP contribution is 2.59. The van der Waals surface area contributed by atoms with Crippen molar-refractivity contribution in [2.45, 2.75) is 68.0 Å². The molecule has 7 rings (SSSR count). The molecule has 0 bridgehead atoms. The minimum atomic E-state index is -4.56. The van der Waals surface area contributed by atoms with Crippen LogP contribution in [0, 0.1) is 11.6 Å². The number of nitrogens with one attached hydrogen (secondary N) is 1. The zero-order chi connectivity index (χ0) is 30.1. The summed E-state index contributed by atoms with van der Waals surface area (Å²) in [4.78, 5) is 32.3. The van der Waals surface area contributed by atoms with E-state index >= 15 is 0 Å². The normalized spacial score (nSPS) is 23.1. The third kappa shape index (κ3) is 4.26. The van der Waals surface area contributed by atoms with E-state index in [1.165, 1.54) is 22.8 Å². The molecule has 1 saturated heterocycles. The number of hydrogen-bond acceptors (Lipinski definition) is 5. The second-order valence-corrected chi connectivity index (χ2v) is 11.8. The number of fused-ring (bicyclic) bond motifs is 3. The average molecular weight is 599 g/mol. The molecule has 43 heavy (non-hydrogen) atoms. The zero-order valence-electron chi connectivity index (χ0n) is 22.9. The Morgan fingerprint density at radius 3 is 2.53 bits per heavy atom. The van der Waals surface area contributed by atoms with E-state index in [0.717, 1.165) is 11.6 Å². The van der Waals surface area contributed by atoms with Gasteiger partial charge >= 0.3 is 6.18 Å². The molecule has 1 aliphatic carbocycles. The number of carbonyl (C=O) groups excluding carboxylic acids is 2. The predicted octanol–water partition coefficient (Wildman–Crippen LogP) is 5.02. The van der Waals surface area contributed by atoms with Gasteiger partial charge < -0.3 is 14.8 Å². The number of likely N-dealkylation sites (tertiary alicyclic amines) is 1. The molecule has 1 spiro atoms. The fourth-order valence-electron chi connectivity index (χ4n) is 6.89. The van der Waals surface area contributed by atoms with Crippen molar-refractivity contribution in [3.05, 3.63) is 77.0 Å². The Balaban J connectivity index is 1.20. The van der Waals surface area contributed by atoms with Crippen LogP contribution < -0.4 is 5.32 Å². The van der Waals surface area contributed by atoms with Crippen molar-refractivity contribution in [2.24, 2.45) is 0 Å². The maximum atomic E-state index is 14.8. The minimum absolute atomic E-state index is 0.0565. The fraction of sp³-hybridized carbons (Fsp3) is 0.433. The van der Waals surface area contributed by atoms with Crippen molar-refractivity contribution in [3.63, 3.8) is 0 Å². The summed E-state index contributed by atoms with van der Waals surface area (Å²) < 4.78 is 72.8. The number of carbonyl (C=O) groups is 2. The van der Waals surface area contributed by atoms with Gasteiger partial charge in [0.05, 0.1) is 5.41 Å². The molecule has 13 heteroatoms. The average Bonchev–Trinajstić information content (AvgIpc) is 3.68. The number of benzene rings is 1. The van der Waals surface area contributed by atoms with Crippen LogP contribution in [0.2, 0.25) is 0 Å². The first-order valence-corrected chi connectivity index (χ1v) is 14.3. The van der Waals surface area contributed by atoms with E-state index in [-0.39, 0.29) is 74.3 Å². The van der Waals surface area contributed by atoms with Crippen LogP contribution in [0.5, 0.6) is 0 Å². The molecule has 5 heterocycles. The standard InChI is InChI=1S/C30H27F5N6O2/c31-21-5-1-3-19(23(21)32)18-7-6-17(25-38-39-26(41(25)16-18)29(8-9-29)30(33,34)35)15-22(42)40-13-10-28(11-14-40)20-4-2-12-36-24(20)37-27(28)43/h1-5,12,15,18H,6-11,13-14,16H2,(H,36,37,43)/b17-15+/t18-/m0/s1. The predicted molar refractivity (Wildman–Crippen MR) is 144 cm³/mol. The third-order valence-electron chi connectivity index (χ3n) is 9.56. The molecule has 3 aliphatic heterocycles. The Labute approximate surface area is 243 Å². The Bertz CT molecular complexity index is 1670. The first-order chi connectivity index (χ1) is 20.5. The van der Waals surface area contributed by atoms with Crippen LogP contribution in [0.4, 0.5) is 27.8 Å². The zero-order valence-corrected chi connectivity index (χ0v) is 22.9. The van der Waals surface area contributed by atoms with Crippen molar-refractivity contribution >= 4 is 23.2 Å². The second kappa shape index (κ2) is 9.68. The number of alkyl halides is 3. The minimum Gasteiger partial charge on any atom is -0.339 e. The Morgan fingerprint density at radius 2 is 1.81 bits per heavy atom. The second-order valence-electron chi connectivity index (χ2n) is 11.8. The molecule has 4 aliphatic rings. The van der Waals surface area contributed by atoms with E-state index < -0.39 is 34.6 Å². The smallest absolute Gasteiger partial charge is 0.339 e. The summed E-state index contributed by atoms with van der Waals surface area (Å²) in [7, 11) is 0.